The maximum atomic E-state index is 11.6. The minimum absolute atomic E-state index is 0.0393. The Bertz CT molecular complexity index is 553. The minimum atomic E-state index is -0.497. The molecule has 0 saturated carbocycles. The highest BCUT2D eigenvalue weighted by Crippen LogP contribution is 2.20. The van der Waals surface area contributed by atoms with E-state index in [9.17, 15) is 9.59 Å². The largest absolute Gasteiger partial charge is 0.444 e. The van der Waals surface area contributed by atoms with Crippen molar-refractivity contribution in [3.63, 3.8) is 0 Å². The van der Waals surface area contributed by atoms with Gasteiger partial charge >= 0.3 is 11.7 Å². The zero-order valence-electron chi connectivity index (χ0n) is 12.2. The average Bonchev–Trinajstić information content (AvgIpc) is 2.18. The Hall–Kier alpha value is -1.98. The SMILES string of the molecule is Cc1cc(N2CC(NC(=O)OC(C)(C)C)C2)cc(=O)o1. The fourth-order valence-electron chi connectivity index (χ4n) is 2.03. The Morgan fingerprint density at radius 1 is 1.40 bits per heavy atom. The fourth-order valence-corrected chi connectivity index (χ4v) is 2.03. The Balaban J connectivity index is 1.85. The molecule has 0 aromatic carbocycles. The first kappa shape index (κ1) is 14.4. The Morgan fingerprint density at radius 3 is 2.60 bits per heavy atom. The number of carbonyl (C=O) groups excluding carboxylic acids is 1. The van der Waals surface area contributed by atoms with Crippen LogP contribution in [0.4, 0.5) is 10.5 Å². The Morgan fingerprint density at radius 2 is 2.05 bits per heavy atom. The molecule has 0 aliphatic carbocycles. The summed E-state index contributed by atoms with van der Waals surface area (Å²) in [5, 5.41) is 2.80. The second-order valence-corrected chi connectivity index (χ2v) is 5.99. The number of carbonyl (C=O) groups is 1. The third kappa shape index (κ3) is 3.76. The van der Waals surface area contributed by atoms with Gasteiger partial charge in [-0.15, -0.1) is 0 Å². The molecule has 20 heavy (non-hydrogen) atoms. The molecule has 1 aliphatic heterocycles. The molecule has 1 saturated heterocycles. The van der Waals surface area contributed by atoms with Crippen molar-refractivity contribution < 1.29 is 13.9 Å². The van der Waals surface area contributed by atoms with Crippen LogP contribution < -0.4 is 15.8 Å². The van der Waals surface area contributed by atoms with Crippen molar-refractivity contribution in [2.75, 3.05) is 18.0 Å². The van der Waals surface area contributed by atoms with E-state index in [4.69, 9.17) is 9.15 Å². The summed E-state index contributed by atoms with van der Waals surface area (Å²) in [5.41, 5.74) is -0.0345. The first-order valence-electron chi connectivity index (χ1n) is 6.59. The van der Waals surface area contributed by atoms with E-state index in [1.54, 1.807) is 6.92 Å². The van der Waals surface area contributed by atoms with Crippen molar-refractivity contribution >= 4 is 11.8 Å². The number of rotatable bonds is 2. The predicted molar refractivity (Wildman–Crippen MR) is 75.1 cm³/mol. The third-order valence-electron chi connectivity index (χ3n) is 2.85. The molecule has 0 unspecified atom stereocenters. The number of nitrogens with zero attached hydrogens (tertiary/aromatic N) is 1. The number of aryl methyl sites for hydroxylation is 1. The van der Waals surface area contributed by atoms with Crippen LogP contribution in [-0.2, 0) is 4.74 Å². The van der Waals surface area contributed by atoms with Gasteiger partial charge in [0.25, 0.3) is 0 Å². The van der Waals surface area contributed by atoms with Crippen LogP contribution in [0.25, 0.3) is 0 Å². The summed E-state index contributed by atoms with van der Waals surface area (Å²) in [7, 11) is 0. The summed E-state index contributed by atoms with van der Waals surface area (Å²) in [6.45, 7) is 8.52. The van der Waals surface area contributed by atoms with Crippen LogP contribution in [0.1, 0.15) is 26.5 Å². The molecule has 1 aromatic rings. The number of amides is 1. The number of ether oxygens (including phenoxy) is 1. The topological polar surface area (TPSA) is 71.8 Å². The molecule has 1 amide bonds. The lowest BCUT2D eigenvalue weighted by Gasteiger charge is -2.41. The van der Waals surface area contributed by atoms with Gasteiger partial charge in [0.05, 0.1) is 6.04 Å². The van der Waals surface area contributed by atoms with Crippen molar-refractivity contribution in [2.45, 2.75) is 39.3 Å². The van der Waals surface area contributed by atoms with Gasteiger partial charge in [-0.1, -0.05) is 0 Å². The Kier molecular flexibility index (Phi) is 3.74. The maximum absolute atomic E-state index is 11.6. The van der Waals surface area contributed by atoms with E-state index in [0.29, 0.717) is 18.8 Å². The van der Waals surface area contributed by atoms with Crippen molar-refractivity contribution in [1.29, 1.82) is 0 Å². The van der Waals surface area contributed by atoms with Gasteiger partial charge in [-0.2, -0.15) is 0 Å². The molecule has 0 atom stereocenters. The molecular weight excluding hydrogens is 260 g/mol. The van der Waals surface area contributed by atoms with Crippen LogP contribution in [0.3, 0.4) is 0 Å². The molecule has 0 radical (unpaired) electrons. The summed E-state index contributed by atoms with van der Waals surface area (Å²) in [4.78, 5) is 24.9. The second kappa shape index (κ2) is 5.19. The normalized spacial score (nSPS) is 15.7. The molecule has 2 heterocycles. The van der Waals surface area contributed by atoms with E-state index < -0.39 is 11.7 Å². The van der Waals surface area contributed by atoms with Crippen molar-refractivity contribution in [2.24, 2.45) is 0 Å². The van der Waals surface area contributed by atoms with Gasteiger partial charge in [-0.05, 0) is 33.8 Å². The molecule has 0 bridgehead atoms. The number of hydrogen-bond donors (Lipinski definition) is 1. The quantitative estimate of drug-likeness (QED) is 0.892. The number of anilines is 1. The fraction of sp³-hybridized carbons (Fsp3) is 0.571. The van der Waals surface area contributed by atoms with Crippen LogP contribution in [0.2, 0.25) is 0 Å². The van der Waals surface area contributed by atoms with Crippen molar-refractivity contribution in [3.05, 3.63) is 28.3 Å². The molecule has 1 aliphatic rings. The average molecular weight is 280 g/mol. The zero-order chi connectivity index (χ0) is 14.9. The first-order chi connectivity index (χ1) is 9.23. The number of nitrogens with one attached hydrogen (secondary N) is 1. The van der Waals surface area contributed by atoms with Crippen LogP contribution in [0, 0.1) is 6.92 Å². The van der Waals surface area contributed by atoms with E-state index in [0.717, 1.165) is 5.69 Å². The van der Waals surface area contributed by atoms with E-state index in [-0.39, 0.29) is 11.7 Å². The molecule has 2 rings (SSSR count). The summed E-state index contributed by atoms with van der Waals surface area (Å²) >= 11 is 0. The molecule has 1 N–H and O–H groups in total. The highest BCUT2D eigenvalue weighted by atomic mass is 16.6. The minimum Gasteiger partial charge on any atom is -0.444 e. The van der Waals surface area contributed by atoms with Crippen molar-refractivity contribution in [3.8, 4) is 0 Å². The van der Waals surface area contributed by atoms with Crippen molar-refractivity contribution in [1.82, 2.24) is 5.32 Å². The molecule has 6 nitrogen and oxygen atoms in total. The van der Waals surface area contributed by atoms with Gasteiger partial charge in [0.15, 0.2) is 0 Å². The highest BCUT2D eigenvalue weighted by Gasteiger charge is 2.30. The Labute approximate surface area is 117 Å². The lowest BCUT2D eigenvalue weighted by atomic mass is 10.1. The third-order valence-corrected chi connectivity index (χ3v) is 2.85. The molecule has 1 aromatic heterocycles. The van der Waals surface area contributed by atoms with Gasteiger partial charge in [-0.25, -0.2) is 9.59 Å². The highest BCUT2D eigenvalue weighted by molar-refractivity contribution is 5.69. The van der Waals surface area contributed by atoms with Gasteiger partial charge in [0, 0.05) is 24.8 Å². The molecule has 110 valence electrons. The predicted octanol–water partition coefficient (Wildman–Crippen LogP) is 1.66. The van der Waals surface area contributed by atoms with Crippen LogP contribution in [-0.4, -0.2) is 30.8 Å². The van der Waals surface area contributed by atoms with Gasteiger partial charge in [-0.3, -0.25) is 0 Å². The smallest absolute Gasteiger partial charge is 0.407 e. The summed E-state index contributed by atoms with van der Waals surface area (Å²) in [5.74, 6) is 0.580. The number of alkyl carbamates (subject to hydrolysis) is 1. The second-order valence-electron chi connectivity index (χ2n) is 5.99. The first-order valence-corrected chi connectivity index (χ1v) is 6.59. The molecule has 6 heteroatoms. The van der Waals surface area contributed by atoms with E-state index in [1.165, 1.54) is 6.07 Å². The maximum Gasteiger partial charge on any atom is 0.407 e. The lowest BCUT2D eigenvalue weighted by molar-refractivity contribution is 0.0496. The molecular formula is C14H20N2O4. The van der Waals surface area contributed by atoms with Crippen LogP contribution in [0.5, 0.6) is 0 Å². The van der Waals surface area contributed by atoms with E-state index in [2.05, 4.69) is 5.32 Å². The van der Waals surface area contributed by atoms with Gasteiger partial charge in [0.1, 0.15) is 11.4 Å². The monoisotopic (exact) mass is 280 g/mol. The zero-order valence-corrected chi connectivity index (χ0v) is 12.2. The van der Waals surface area contributed by atoms with Crippen LogP contribution in [0.15, 0.2) is 21.3 Å². The molecule has 0 spiro atoms. The number of hydrogen-bond acceptors (Lipinski definition) is 5. The van der Waals surface area contributed by atoms with E-state index >= 15 is 0 Å². The standard InChI is InChI=1S/C14H20N2O4/c1-9-5-11(6-12(17)19-9)16-7-10(8-16)15-13(18)20-14(2,3)4/h5-6,10H,7-8H2,1-4H3,(H,15,18). The lowest BCUT2D eigenvalue weighted by Crippen LogP contribution is -2.60. The van der Waals surface area contributed by atoms with Gasteiger partial charge < -0.3 is 19.4 Å². The van der Waals surface area contributed by atoms with Gasteiger partial charge in [0.2, 0.25) is 0 Å². The summed E-state index contributed by atoms with van der Waals surface area (Å²) in [6, 6.07) is 3.30. The summed E-state index contributed by atoms with van der Waals surface area (Å²) in [6.07, 6.45) is -0.411. The van der Waals surface area contributed by atoms with Crippen LogP contribution >= 0.6 is 0 Å². The summed E-state index contributed by atoms with van der Waals surface area (Å²) < 4.78 is 10.1. The van der Waals surface area contributed by atoms with E-state index in [1.807, 2.05) is 31.7 Å². The molecule has 1 fully saturated rings.